The molecule has 0 aliphatic heterocycles. The average Bonchev–Trinajstić information content (AvgIpc) is 2.34. The topological polar surface area (TPSA) is 56.1 Å². The van der Waals surface area contributed by atoms with Crippen molar-refractivity contribution >= 4 is 40.0 Å². The van der Waals surface area contributed by atoms with Gasteiger partial charge in [-0.15, -0.1) is 11.8 Å². The molecule has 0 atom stereocenters. The lowest BCUT2D eigenvalue weighted by Crippen LogP contribution is -2.13. The molecule has 0 unspecified atom stereocenters. The second-order valence-electron chi connectivity index (χ2n) is 4.19. The van der Waals surface area contributed by atoms with Gasteiger partial charge in [-0.3, -0.25) is 0 Å². The number of rotatable bonds is 5. The Balaban J connectivity index is 2.76. The number of oxime groups is 1. The minimum absolute atomic E-state index is 0.126. The van der Waals surface area contributed by atoms with Gasteiger partial charge >= 0.3 is 0 Å². The van der Waals surface area contributed by atoms with Gasteiger partial charge in [0, 0.05) is 10.8 Å². The lowest BCUT2D eigenvalue weighted by atomic mass is 10.2. The molecule has 0 heterocycles. The molecule has 0 fully saturated rings. The van der Waals surface area contributed by atoms with Crippen molar-refractivity contribution in [2.24, 2.45) is 5.16 Å². The normalized spacial score (nSPS) is 12.2. The first-order chi connectivity index (χ1) is 8.95. The van der Waals surface area contributed by atoms with E-state index in [1.54, 1.807) is 0 Å². The Kier molecular flexibility index (Phi) is 6.79. The second-order valence-corrected chi connectivity index (χ2v) is 6.12. The molecule has 2 N–H and O–H groups in total. The van der Waals surface area contributed by atoms with E-state index in [1.807, 2.05) is 14.1 Å². The maximum absolute atomic E-state index is 9.86. The molecular formula is C12H16Cl2N2O2S. The van der Waals surface area contributed by atoms with Crippen molar-refractivity contribution in [1.82, 2.24) is 4.90 Å². The molecule has 106 valence electrons. The van der Waals surface area contributed by atoms with Crippen molar-refractivity contribution < 1.29 is 10.3 Å². The monoisotopic (exact) mass is 322 g/mol. The number of phenolic OH excluding ortho intramolecular Hbond substituents is 1. The fraction of sp³-hybridized carbons (Fsp3) is 0.417. The molecule has 0 bridgehead atoms. The summed E-state index contributed by atoms with van der Waals surface area (Å²) >= 11 is 13.1. The van der Waals surface area contributed by atoms with Crippen LogP contribution in [-0.4, -0.2) is 46.7 Å². The number of aromatic hydroxyl groups is 1. The van der Waals surface area contributed by atoms with Gasteiger partial charge in [0.15, 0.2) is 0 Å². The first-order valence-electron chi connectivity index (χ1n) is 5.63. The van der Waals surface area contributed by atoms with Crippen LogP contribution in [0.1, 0.15) is 12.0 Å². The summed E-state index contributed by atoms with van der Waals surface area (Å²) in [6.07, 6.45) is 0.936. The van der Waals surface area contributed by atoms with E-state index in [-0.39, 0.29) is 10.8 Å². The standard InChI is InChI=1S/C12H16Cl2N2O2S/c1-16(2)4-3-5-19-12(15-18)9-6-8(13)7-10(14)11(9)17/h6-7,17-18H,3-5H2,1-2H3/b15-12+. The summed E-state index contributed by atoms with van der Waals surface area (Å²) < 4.78 is 0. The predicted octanol–water partition coefficient (Wildman–Crippen LogP) is 3.52. The first-order valence-corrected chi connectivity index (χ1v) is 7.37. The number of thioether (sulfide) groups is 1. The molecule has 1 aromatic carbocycles. The summed E-state index contributed by atoms with van der Waals surface area (Å²) in [6.45, 7) is 0.938. The molecule has 1 rings (SSSR count). The zero-order valence-electron chi connectivity index (χ0n) is 10.7. The Morgan fingerprint density at radius 3 is 2.63 bits per heavy atom. The summed E-state index contributed by atoms with van der Waals surface area (Å²) in [5.74, 6) is 0.639. The molecule has 0 aliphatic carbocycles. The molecule has 7 heteroatoms. The van der Waals surface area contributed by atoms with Crippen molar-refractivity contribution in [2.75, 3.05) is 26.4 Å². The van der Waals surface area contributed by atoms with Crippen molar-refractivity contribution in [3.8, 4) is 5.75 Å². The molecular weight excluding hydrogens is 307 g/mol. The molecule has 0 spiro atoms. The second kappa shape index (κ2) is 7.85. The molecule has 19 heavy (non-hydrogen) atoms. The molecule has 0 aromatic heterocycles. The van der Waals surface area contributed by atoms with Gasteiger partial charge in [-0.2, -0.15) is 0 Å². The lowest BCUT2D eigenvalue weighted by Gasteiger charge is -2.10. The maximum atomic E-state index is 9.86. The Labute approximate surface area is 127 Å². The number of hydrogen-bond acceptors (Lipinski definition) is 5. The van der Waals surface area contributed by atoms with Crippen LogP contribution in [0.3, 0.4) is 0 Å². The Morgan fingerprint density at radius 2 is 2.05 bits per heavy atom. The van der Waals surface area contributed by atoms with Crippen LogP contribution in [0.15, 0.2) is 17.3 Å². The lowest BCUT2D eigenvalue weighted by molar-refractivity contribution is 0.320. The highest BCUT2D eigenvalue weighted by molar-refractivity contribution is 8.14. The zero-order valence-corrected chi connectivity index (χ0v) is 13.1. The fourth-order valence-electron chi connectivity index (χ4n) is 1.44. The van der Waals surface area contributed by atoms with Gasteiger partial charge in [-0.05, 0) is 39.2 Å². The van der Waals surface area contributed by atoms with Gasteiger partial charge in [-0.25, -0.2) is 0 Å². The van der Waals surface area contributed by atoms with Crippen LogP contribution in [0.2, 0.25) is 10.0 Å². The molecule has 0 radical (unpaired) electrons. The zero-order chi connectivity index (χ0) is 14.4. The highest BCUT2D eigenvalue weighted by Gasteiger charge is 2.14. The predicted molar refractivity (Wildman–Crippen MR) is 82.1 cm³/mol. The van der Waals surface area contributed by atoms with Gasteiger partial charge in [0.05, 0.1) is 10.6 Å². The van der Waals surface area contributed by atoms with E-state index >= 15 is 0 Å². The Bertz CT molecular complexity index is 467. The van der Waals surface area contributed by atoms with E-state index < -0.39 is 0 Å². The first kappa shape index (κ1) is 16.4. The fourth-order valence-corrected chi connectivity index (χ4v) is 2.77. The van der Waals surface area contributed by atoms with E-state index in [0.717, 1.165) is 18.7 Å². The average molecular weight is 323 g/mol. The smallest absolute Gasteiger partial charge is 0.146 e. The molecule has 0 amide bonds. The molecule has 0 saturated heterocycles. The largest absolute Gasteiger partial charge is 0.506 e. The van der Waals surface area contributed by atoms with E-state index in [2.05, 4.69) is 10.1 Å². The summed E-state index contributed by atoms with van der Waals surface area (Å²) in [7, 11) is 3.99. The third-order valence-electron chi connectivity index (χ3n) is 2.34. The maximum Gasteiger partial charge on any atom is 0.146 e. The van der Waals surface area contributed by atoms with Crippen LogP contribution in [0.4, 0.5) is 0 Å². The number of nitrogens with zero attached hydrogens (tertiary/aromatic N) is 2. The molecule has 0 saturated carbocycles. The number of halogens is 2. The molecule has 4 nitrogen and oxygen atoms in total. The van der Waals surface area contributed by atoms with E-state index in [9.17, 15) is 5.11 Å². The summed E-state index contributed by atoms with van der Waals surface area (Å²) in [5.41, 5.74) is 0.342. The van der Waals surface area contributed by atoms with Crippen LogP contribution in [0, 0.1) is 0 Å². The van der Waals surface area contributed by atoms with Crippen molar-refractivity contribution in [1.29, 1.82) is 0 Å². The quantitative estimate of drug-likeness (QED) is 0.286. The summed E-state index contributed by atoms with van der Waals surface area (Å²) in [6, 6.07) is 2.96. The highest BCUT2D eigenvalue weighted by Crippen LogP contribution is 2.33. The van der Waals surface area contributed by atoms with Gasteiger partial charge in [-0.1, -0.05) is 28.4 Å². The molecule has 0 aliphatic rings. The number of hydrogen-bond donors (Lipinski definition) is 2. The van der Waals surface area contributed by atoms with E-state index in [0.29, 0.717) is 15.6 Å². The third kappa shape index (κ3) is 5.10. The summed E-state index contributed by atoms with van der Waals surface area (Å²) in [4.78, 5) is 2.07. The Hall–Kier alpha value is -0.620. The van der Waals surface area contributed by atoms with Crippen molar-refractivity contribution in [3.05, 3.63) is 27.7 Å². The van der Waals surface area contributed by atoms with E-state index in [1.165, 1.54) is 23.9 Å². The van der Waals surface area contributed by atoms with Crippen LogP contribution in [0.25, 0.3) is 0 Å². The van der Waals surface area contributed by atoms with Gasteiger partial charge in [0.25, 0.3) is 0 Å². The number of benzene rings is 1. The van der Waals surface area contributed by atoms with Crippen LogP contribution in [-0.2, 0) is 0 Å². The van der Waals surface area contributed by atoms with Gasteiger partial charge in [0.2, 0.25) is 0 Å². The van der Waals surface area contributed by atoms with Crippen LogP contribution >= 0.6 is 35.0 Å². The van der Waals surface area contributed by atoms with Gasteiger partial charge in [0.1, 0.15) is 10.8 Å². The van der Waals surface area contributed by atoms with Crippen LogP contribution < -0.4 is 0 Å². The minimum atomic E-state index is -0.126. The third-order valence-corrected chi connectivity index (χ3v) is 3.91. The van der Waals surface area contributed by atoms with Crippen molar-refractivity contribution in [2.45, 2.75) is 6.42 Å². The SMILES string of the molecule is CN(C)CCCS/C(=N/O)c1cc(Cl)cc(Cl)c1O. The van der Waals surface area contributed by atoms with Gasteiger partial charge < -0.3 is 15.2 Å². The highest BCUT2D eigenvalue weighted by atomic mass is 35.5. The molecule has 1 aromatic rings. The van der Waals surface area contributed by atoms with E-state index in [4.69, 9.17) is 28.4 Å². The number of phenols is 1. The minimum Gasteiger partial charge on any atom is -0.506 e. The van der Waals surface area contributed by atoms with Crippen LogP contribution in [0.5, 0.6) is 5.75 Å². The Morgan fingerprint density at radius 1 is 1.37 bits per heavy atom. The summed E-state index contributed by atoms with van der Waals surface area (Å²) in [5, 5.41) is 22.9. The van der Waals surface area contributed by atoms with Crippen molar-refractivity contribution in [3.63, 3.8) is 0 Å².